The zero-order valence-electron chi connectivity index (χ0n) is 12.0. The van der Waals surface area contributed by atoms with Gasteiger partial charge in [-0.1, -0.05) is 32.0 Å². The fourth-order valence-corrected chi connectivity index (χ4v) is 2.99. The second kappa shape index (κ2) is 6.02. The lowest BCUT2D eigenvalue weighted by Crippen LogP contribution is -2.41. The van der Waals surface area contributed by atoms with Gasteiger partial charge in [-0.05, 0) is 43.8 Å². The van der Waals surface area contributed by atoms with Crippen LogP contribution in [-0.4, -0.2) is 24.5 Å². The fraction of sp³-hybridized carbons (Fsp3) is 0.625. The van der Waals surface area contributed by atoms with Crippen molar-refractivity contribution in [3.8, 4) is 0 Å². The zero-order chi connectivity index (χ0) is 13.9. The first kappa shape index (κ1) is 14.5. The van der Waals surface area contributed by atoms with Crippen LogP contribution >= 0.6 is 0 Å². The Bertz CT molecular complexity index is 417. The minimum Gasteiger partial charge on any atom is -0.324 e. The number of nitrogens with two attached hydrogens (primary N) is 1. The van der Waals surface area contributed by atoms with E-state index in [1.807, 2.05) is 6.07 Å². The average molecular weight is 264 g/mol. The van der Waals surface area contributed by atoms with Crippen molar-refractivity contribution in [1.82, 2.24) is 4.90 Å². The van der Waals surface area contributed by atoms with Crippen LogP contribution in [0.5, 0.6) is 0 Å². The summed E-state index contributed by atoms with van der Waals surface area (Å²) in [6, 6.07) is 6.63. The molecular formula is C16H25FN2. The minimum absolute atomic E-state index is 0.186. The number of nitrogens with zero attached hydrogens (tertiary/aromatic N) is 1. The maximum absolute atomic E-state index is 13.6. The van der Waals surface area contributed by atoms with Crippen LogP contribution in [-0.2, 0) is 0 Å². The molecule has 1 saturated heterocycles. The maximum atomic E-state index is 13.6. The summed E-state index contributed by atoms with van der Waals surface area (Å²) in [5.74, 6) is -0.186. The molecule has 0 spiro atoms. The molecule has 2 nitrogen and oxygen atoms in total. The van der Waals surface area contributed by atoms with E-state index in [-0.39, 0.29) is 11.9 Å². The van der Waals surface area contributed by atoms with Gasteiger partial charge in [0, 0.05) is 18.2 Å². The number of hydrogen-bond donors (Lipinski definition) is 1. The monoisotopic (exact) mass is 264 g/mol. The van der Waals surface area contributed by atoms with Crippen molar-refractivity contribution < 1.29 is 4.39 Å². The Labute approximate surface area is 115 Å². The molecule has 0 aromatic heterocycles. The first-order chi connectivity index (χ1) is 8.98. The summed E-state index contributed by atoms with van der Waals surface area (Å²) >= 11 is 0. The largest absolute Gasteiger partial charge is 0.324 e. The summed E-state index contributed by atoms with van der Waals surface area (Å²) in [6.45, 7) is 7.86. The van der Waals surface area contributed by atoms with E-state index >= 15 is 0 Å². The Morgan fingerprint density at radius 2 is 2.11 bits per heavy atom. The van der Waals surface area contributed by atoms with Gasteiger partial charge in [-0.25, -0.2) is 4.39 Å². The van der Waals surface area contributed by atoms with Gasteiger partial charge in [-0.2, -0.15) is 0 Å². The molecule has 19 heavy (non-hydrogen) atoms. The molecule has 1 atom stereocenters. The van der Waals surface area contributed by atoms with Crippen molar-refractivity contribution in [3.63, 3.8) is 0 Å². The van der Waals surface area contributed by atoms with E-state index in [4.69, 9.17) is 5.73 Å². The van der Waals surface area contributed by atoms with Crippen LogP contribution in [0.4, 0.5) is 4.39 Å². The van der Waals surface area contributed by atoms with Gasteiger partial charge >= 0.3 is 0 Å². The molecule has 1 heterocycles. The topological polar surface area (TPSA) is 29.3 Å². The summed E-state index contributed by atoms with van der Waals surface area (Å²) in [5.41, 5.74) is 7.15. The molecule has 0 aliphatic carbocycles. The smallest absolute Gasteiger partial charge is 0.127 e. The molecule has 0 amide bonds. The fourth-order valence-electron chi connectivity index (χ4n) is 2.99. The van der Waals surface area contributed by atoms with Crippen molar-refractivity contribution in [1.29, 1.82) is 0 Å². The van der Waals surface area contributed by atoms with Crippen LogP contribution in [0, 0.1) is 11.2 Å². The maximum Gasteiger partial charge on any atom is 0.127 e. The molecule has 1 aromatic rings. The lowest BCUT2D eigenvalue weighted by atomic mass is 9.84. The molecule has 0 bridgehead atoms. The lowest BCUT2D eigenvalue weighted by molar-refractivity contribution is 0.114. The van der Waals surface area contributed by atoms with E-state index in [2.05, 4.69) is 18.7 Å². The second-order valence-electron chi connectivity index (χ2n) is 6.46. The molecule has 0 saturated carbocycles. The molecule has 3 heteroatoms. The first-order valence-electron chi connectivity index (χ1n) is 7.20. The van der Waals surface area contributed by atoms with Gasteiger partial charge in [0.25, 0.3) is 0 Å². The predicted octanol–water partition coefficient (Wildman–Crippen LogP) is 3.34. The quantitative estimate of drug-likeness (QED) is 0.903. The molecule has 2 rings (SSSR count). The normalized spacial score (nSPS) is 21.3. The molecule has 106 valence electrons. The number of piperidine rings is 1. The van der Waals surface area contributed by atoms with Crippen molar-refractivity contribution in [2.75, 3.05) is 19.6 Å². The summed E-state index contributed by atoms with van der Waals surface area (Å²) in [6.07, 6.45) is 3.36. The number of benzene rings is 1. The van der Waals surface area contributed by atoms with Crippen LogP contribution in [0.15, 0.2) is 24.3 Å². The third kappa shape index (κ3) is 4.02. The molecule has 1 fully saturated rings. The second-order valence-corrected chi connectivity index (χ2v) is 6.46. The van der Waals surface area contributed by atoms with E-state index in [1.54, 1.807) is 12.1 Å². The molecule has 1 aliphatic heterocycles. The van der Waals surface area contributed by atoms with Gasteiger partial charge in [-0.3, -0.25) is 0 Å². The van der Waals surface area contributed by atoms with E-state index in [1.165, 1.54) is 18.9 Å². The lowest BCUT2D eigenvalue weighted by Gasteiger charge is -2.38. The van der Waals surface area contributed by atoms with Crippen molar-refractivity contribution in [3.05, 3.63) is 35.6 Å². The highest BCUT2D eigenvalue weighted by molar-refractivity contribution is 5.20. The molecule has 1 unspecified atom stereocenters. The Balaban J connectivity index is 1.87. The molecule has 1 aromatic carbocycles. The molecule has 0 radical (unpaired) electrons. The highest BCUT2D eigenvalue weighted by atomic mass is 19.1. The van der Waals surface area contributed by atoms with Crippen LogP contribution in [0.25, 0.3) is 0 Å². The van der Waals surface area contributed by atoms with Gasteiger partial charge in [0.2, 0.25) is 0 Å². The Hall–Kier alpha value is -0.930. The molecule has 2 N–H and O–H groups in total. The van der Waals surface area contributed by atoms with Crippen LogP contribution in [0.3, 0.4) is 0 Å². The highest BCUT2D eigenvalue weighted by Gasteiger charge is 2.26. The Kier molecular flexibility index (Phi) is 4.58. The van der Waals surface area contributed by atoms with Gasteiger partial charge in [-0.15, -0.1) is 0 Å². The van der Waals surface area contributed by atoms with Crippen LogP contribution in [0.2, 0.25) is 0 Å². The van der Waals surface area contributed by atoms with Gasteiger partial charge in [0.15, 0.2) is 0 Å². The van der Waals surface area contributed by atoms with Crippen molar-refractivity contribution in [2.24, 2.45) is 11.1 Å². The van der Waals surface area contributed by atoms with E-state index in [0.717, 1.165) is 26.1 Å². The molecular weight excluding hydrogens is 239 g/mol. The first-order valence-corrected chi connectivity index (χ1v) is 7.20. The summed E-state index contributed by atoms with van der Waals surface area (Å²) in [7, 11) is 0. The number of rotatable bonds is 4. The van der Waals surface area contributed by atoms with Gasteiger partial charge in [0.1, 0.15) is 5.82 Å². The predicted molar refractivity (Wildman–Crippen MR) is 77.4 cm³/mol. The number of likely N-dealkylation sites (tertiary alicyclic amines) is 1. The number of halogens is 1. The van der Waals surface area contributed by atoms with E-state index in [0.29, 0.717) is 11.0 Å². The van der Waals surface area contributed by atoms with Crippen LogP contribution in [0.1, 0.15) is 44.7 Å². The average Bonchev–Trinajstić information content (AvgIpc) is 2.35. The summed E-state index contributed by atoms with van der Waals surface area (Å²) < 4.78 is 13.6. The van der Waals surface area contributed by atoms with Crippen molar-refractivity contribution in [2.45, 2.75) is 39.2 Å². The third-order valence-corrected chi connectivity index (χ3v) is 4.04. The van der Waals surface area contributed by atoms with Gasteiger partial charge in [0.05, 0.1) is 0 Å². The number of hydrogen-bond acceptors (Lipinski definition) is 2. The van der Waals surface area contributed by atoms with E-state index in [9.17, 15) is 4.39 Å². The van der Waals surface area contributed by atoms with E-state index < -0.39 is 0 Å². The third-order valence-electron chi connectivity index (χ3n) is 4.04. The van der Waals surface area contributed by atoms with Crippen molar-refractivity contribution >= 4 is 0 Å². The standard InChI is InChI=1S/C16H25FN2/c1-16(2)9-5-10-19(12-16)11-8-15(18)13-6-3-4-7-14(13)17/h3-4,6-7,15H,5,8-12,18H2,1-2H3. The Morgan fingerprint density at radius 3 is 2.79 bits per heavy atom. The minimum atomic E-state index is -0.203. The highest BCUT2D eigenvalue weighted by Crippen LogP contribution is 2.29. The Morgan fingerprint density at radius 1 is 1.37 bits per heavy atom. The SMILES string of the molecule is CC1(C)CCCN(CCC(N)c2ccccc2F)C1. The summed E-state index contributed by atoms with van der Waals surface area (Å²) in [5, 5.41) is 0. The summed E-state index contributed by atoms with van der Waals surface area (Å²) in [4.78, 5) is 2.46. The van der Waals surface area contributed by atoms with Gasteiger partial charge < -0.3 is 10.6 Å². The zero-order valence-corrected chi connectivity index (χ0v) is 12.0. The molecule has 1 aliphatic rings. The van der Waals surface area contributed by atoms with Crippen LogP contribution < -0.4 is 5.73 Å².